The van der Waals surface area contributed by atoms with Crippen LogP contribution in [0.4, 0.5) is 0 Å². The van der Waals surface area contributed by atoms with Gasteiger partial charge in [0.2, 0.25) is 5.89 Å². The van der Waals surface area contributed by atoms with Crippen molar-refractivity contribution in [2.24, 2.45) is 0 Å². The third-order valence-electron chi connectivity index (χ3n) is 1.68. The molecule has 6 heteroatoms. The standard InChI is InChI=1S/C9H13N3O3/c1-2-14-6-8-11-9(15-12-8)5-7(13)3-4-10/h7,13H,2-3,5-6H2,1H3. The molecule has 0 bridgehead atoms. The smallest absolute Gasteiger partial charge is 0.229 e. The maximum absolute atomic E-state index is 9.31. The van der Waals surface area contributed by atoms with E-state index in [-0.39, 0.29) is 12.8 Å². The summed E-state index contributed by atoms with van der Waals surface area (Å²) in [5, 5.41) is 21.3. The Bertz CT molecular complexity index is 332. The van der Waals surface area contributed by atoms with Gasteiger partial charge in [0.25, 0.3) is 0 Å². The number of aliphatic hydroxyl groups excluding tert-OH is 1. The monoisotopic (exact) mass is 211 g/mol. The number of aromatic nitrogens is 2. The Kier molecular flexibility index (Phi) is 4.74. The van der Waals surface area contributed by atoms with Crippen molar-refractivity contribution in [3.05, 3.63) is 11.7 Å². The molecule has 0 aliphatic carbocycles. The Morgan fingerprint density at radius 2 is 2.47 bits per heavy atom. The van der Waals surface area contributed by atoms with Crippen LogP contribution >= 0.6 is 0 Å². The van der Waals surface area contributed by atoms with Gasteiger partial charge in [-0.1, -0.05) is 5.16 Å². The molecule has 0 amide bonds. The van der Waals surface area contributed by atoms with E-state index in [1.165, 1.54) is 0 Å². The minimum atomic E-state index is -0.754. The van der Waals surface area contributed by atoms with Crippen LogP contribution in [0.3, 0.4) is 0 Å². The van der Waals surface area contributed by atoms with E-state index in [4.69, 9.17) is 14.5 Å². The molecule has 1 atom stereocenters. The topological polar surface area (TPSA) is 92.2 Å². The lowest BCUT2D eigenvalue weighted by Crippen LogP contribution is -2.09. The van der Waals surface area contributed by atoms with Gasteiger partial charge in [-0.05, 0) is 6.92 Å². The zero-order valence-corrected chi connectivity index (χ0v) is 8.51. The van der Waals surface area contributed by atoms with E-state index in [0.717, 1.165) is 0 Å². The van der Waals surface area contributed by atoms with Crippen molar-refractivity contribution in [3.63, 3.8) is 0 Å². The Balaban J connectivity index is 2.42. The maximum Gasteiger partial charge on any atom is 0.229 e. The summed E-state index contributed by atoms with van der Waals surface area (Å²) in [4.78, 5) is 4.00. The van der Waals surface area contributed by atoms with Gasteiger partial charge in [0.1, 0.15) is 6.61 Å². The first-order valence-electron chi connectivity index (χ1n) is 4.70. The summed E-state index contributed by atoms with van der Waals surface area (Å²) in [6.45, 7) is 2.76. The first-order valence-corrected chi connectivity index (χ1v) is 4.70. The van der Waals surface area contributed by atoms with E-state index in [1.807, 2.05) is 13.0 Å². The predicted octanol–water partition coefficient (Wildman–Crippen LogP) is 0.423. The number of hydrogen-bond acceptors (Lipinski definition) is 6. The first kappa shape index (κ1) is 11.6. The fourth-order valence-electron chi connectivity index (χ4n) is 1.00. The molecule has 1 aromatic rings. The number of nitriles is 1. The van der Waals surface area contributed by atoms with Gasteiger partial charge < -0.3 is 14.4 Å². The van der Waals surface area contributed by atoms with Gasteiger partial charge in [-0.2, -0.15) is 10.2 Å². The number of hydrogen-bond donors (Lipinski definition) is 1. The molecule has 0 saturated carbocycles. The van der Waals surface area contributed by atoms with Crippen LogP contribution in [0.1, 0.15) is 25.1 Å². The summed E-state index contributed by atoms with van der Waals surface area (Å²) in [6, 6.07) is 1.86. The van der Waals surface area contributed by atoms with Crippen molar-refractivity contribution < 1.29 is 14.4 Å². The van der Waals surface area contributed by atoms with Crippen LogP contribution in [-0.4, -0.2) is 28.0 Å². The van der Waals surface area contributed by atoms with Crippen molar-refractivity contribution >= 4 is 0 Å². The molecular weight excluding hydrogens is 198 g/mol. The van der Waals surface area contributed by atoms with Gasteiger partial charge in [0.05, 0.1) is 25.0 Å². The Hall–Kier alpha value is -1.45. The zero-order chi connectivity index (χ0) is 11.1. The summed E-state index contributed by atoms with van der Waals surface area (Å²) in [7, 11) is 0. The van der Waals surface area contributed by atoms with Gasteiger partial charge >= 0.3 is 0 Å². The molecule has 1 aromatic heterocycles. The molecule has 0 aromatic carbocycles. The second kappa shape index (κ2) is 6.11. The third-order valence-corrected chi connectivity index (χ3v) is 1.68. The molecule has 0 aliphatic heterocycles. The molecule has 1 heterocycles. The second-order valence-corrected chi connectivity index (χ2v) is 2.96. The van der Waals surface area contributed by atoms with Crippen LogP contribution in [0.25, 0.3) is 0 Å². The Morgan fingerprint density at radius 3 is 3.13 bits per heavy atom. The van der Waals surface area contributed by atoms with Gasteiger partial charge in [-0.15, -0.1) is 0 Å². The zero-order valence-electron chi connectivity index (χ0n) is 8.51. The fraction of sp³-hybridized carbons (Fsp3) is 0.667. The van der Waals surface area contributed by atoms with Gasteiger partial charge in [0.15, 0.2) is 5.82 Å². The molecule has 0 saturated heterocycles. The Morgan fingerprint density at radius 1 is 1.67 bits per heavy atom. The van der Waals surface area contributed by atoms with Crippen molar-refractivity contribution in [1.82, 2.24) is 10.1 Å². The minimum absolute atomic E-state index is 0.0587. The quantitative estimate of drug-likeness (QED) is 0.733. The normalized spacial score (nSPS) is 12.3. The average Bonchev–Trinajstić information content (AvgIpc) is 2.63. The van der Waals surface area contributed by atoms with Crippen molar-refractivity contribution in [3.8, 4) is 6.07 Å². The van der Waals surface area contributed by atoms with E-state index >= 15 is 0 Å². The third kappa shape index (κ3) is 4.06. The summed E-state index contributed by atoms with van der Waals surface area (Å²) in [6.07, 6.45) is -0.494. The molecular formula is C9H13N3O3. The predicted molar refractivity (Wildman–Crippen MR) is 49.6 cm³/mol. The van der Waals surface area contributed by atoms with Crippen LogP contribution in [0, 0.1) is 11.3 Å². The summed E-state index contributed by atoms with van der Waals surface area (Å²) in [5.41, 5.74) is 0. The average molecular weight is 211 g/mol. The number of rotatable bonds is 6. The molecule has 0 aliphatic rings. The highest BCUT2D eigenvalue weighted by Gasteiger charge is 2.11. The highest BCUT2D eigenvalue weighted by Crippen LogP contribution is 2.04. The van der Waals surface area contributed by atoms with Gasteiger partial charge in [-0.25, -0.2) is 0 Å². The van der Waals surface area contributed by atoms with Crippen LogP contribution in [0.2, 0.25) is 0 Å². The molecule has 0 radical (unpaired) electrons. The lowest BCUT2D eigenvalue weighted by Gasteiger charge is -1.99. The van der Waals surface area contributed by atoms with E-state index in [9.17, 15) is 5.11 Å². The lowest BCUT2D eigenvalue weighted by atomic mass is 10.2. The van der Waals surface area contributed by atoms with Crippen molar-refractivity contribution in [2.45, 2.75) is 32.5 Å². The highest BCUT2D eigenvalue weighted by atomic mass is 16.5. The molecule has 1 N–H and O–H groups in total. The van der Waals surface area contributed by atoms with Crippen molar-refractivity contribution in [2.75, 3.05) is 6.61 Å². The second-order valence-electron chi connectivity index (χ2n) is 2.96. The van der Waals surface area contributed by atoms with E-state index in [0.29, 0.717) is 24.9 Å². The van der Waals surface area contributed by atoms with E-state index < -0.39 is 6.10 Å². The summed E-state index contributed by atoms with van der Waals surface area (Å²) >= 11 is 0. The van der Waals surface area contributed by atoms with Crippen LogP contribution < -0.4 is 0 Å². The molecule has 1 unspecified atom stereocenters. The van der Waals surface area contributed by atoms with Crippen molar-refractivity contribution in [1.29, 1.82) is 5.26 Å². The van der Waals surface area contributed by atoms with Gasteiger partial charge in [-0.3, -0.25) is 0 Å². The number of ether oxygens (including phenoxy) is 1. The molecule has 1 rings (SSSR count). The highest BCUT2D eigenvalue weighted by molar-refractivity contribution is 4.88. The molecule has 15 heavy (non-hydrogen) atoms. The molecule has 82 valence electrons. The van der Waals surface area contributed by atoms with Crippen LogP contribution in [0.15, 0.2) is 4.52 Å². The summed E-state index contributed by atoms with van der Waals surface area (Å²) < 4.78 is 9.95. The van der Waals surface area contributed by atoms with E-state index in [1.54, 1.807) is 0 Å². The van der Waals surface area contributed by atoms with Crippen LogP contribution in [-0.2, 0) is 17.8 Å². The molecule has 0 fully saturated rings. The Labute approximate surface area is 87.5 Å². The molecule has 6 nitrogen and oxygen atoms in total. The van der Waals surface area contributed by atoms with Gasteiger partial charge in [0, 0.05) is 6.61 Å². The SMILES string of the molecule is CCOCc1noc(CC(O)CC#N)n1. The summed E-state index contributed by atoms with van der Waals surface area (Å²) in [5.74, 6) is 0.781. The fourth-order valence-corrected chi connectivity index (χ4v) is 1.00. The number of aliphatic hydroxyl groups is 1. The largest absolute Gasteiger partial charge is 0.392 e. The minimum Gasteiger partial charge on any atom is -0.392 e. The molecule has 0 spiro atoms. The first-order chi connectivity index (χ1) is 7.26. The lowest BCUT2D eigenvalue weighted by molar-refractivity contribution is 0.126. The number of nitrogens with zero attached hydrogens (tertiary/aromatic N) is 3. The maximum atomic E-state index is 9.31. The van der Waals surface area contributed by atoms with Crippen LogP contribution in [0.5, 0.6) is 0 Å². The van der Waals surface area contributed by atoms with E-state index in [2.05, 4.69) is 10.1 Å².